The van der Waals surface area contributed by atoms with Crippen molar-refractivity contribution in [3.05, 3.63) is 35.9 Å². The molecule has 1 aromatic rings. The lowest BCUT2D eigenvalue weighted by Gasteiger charge is -2.32. The van der Waals surface area contributed by atoms with E-state index in [4.69, 9.17) is 4.74 Å². The topological polar surface area (TPSA) is 44.7 Å². The summed E-state index contributed by atoms with van der Waals surface area (Å²) in [7, 11) is 1.90. The van der Waals surface area contributed by atoms with Crippen LogP contribution in [0.25, 0.3) is 0 Å². The number of benzene rings is 1. The molecule has 4 heteroatoms. The number of likely N-dealkylation sites (N-methyl/N-ethyl adjacent to an activating group) is 1. The van der Waals surface area contributed by atoms with Gasteiger partial charge in [-0.15, -0.1) is 0 Å². The molecule has 2 rings (SSSR count). The maximum atomic E-state index is 10.4. The minimum atomic E-state index is -0.473. The molecule has 1 saturated heterocycles. The summed E-state index contributed by atoms with van der Waals surface area (Å²) in [4.78, 5) is 2.33. The van der Waals surface area contributed by atoms with Gasteiger partial charge < -0.3 is 15.2 Å². The predicted octanol–water partition coefficient (Wildman–Crippen LogP) is 0.640. The molecule has 0 unspecified atom stereocenters. The van der Waals surface area contributed by atoms with Gasteiger partial charge in [0, 0.05) is 25.7 Å². The van der Waals surface area contributed by atoms with Crippen molar-refractivity contribution in [1.29, 1.82) is 0 Å². The van der Waals surface area contributed by atoms with Crippen LogP contribution in [0.4, 0.5) is 0 Å². The van der Waals surface area contributed by atoms with Crippen LogP contribution in [-0.2, 0) is 4.74 Å². The summed E-state index contributed by atoms with van der Waals surface area (Å²) in [6, 6.07) is 9.86. The van der Waals surface area contributed by atoms with Gasteiger partial charge in [-0.05, 0) is 12.6 Å². The van der Waals surface area contributed by atoms with Gasteiger partial charge in [-0.25, -0.2) is 0 Å². The number of ether oxygens (including phenoxy) is 1. The Balaban J connectivity index is 1.95. The molecule has 1 aromatic carbocycles. The van der Waals surface area contributed by atoms with Crippen molar-refractivity contribution in [2.24, 2.45) is 0 Å². The van der Waals surface area contributed by atoms with Gasteiger partial charge in [0.05, 0.1) is 19.3 Å². The highest BCUT2D eigenvalue weighted by molar-refractivity contribution is 5.19. The van der Waals surface area contributed by atoms with E-state index in [1.54, 1.807) is 0 Å². The summed E-state index contributed by atoms with van der Waals surface area (Å²) in [5.74, 6) is 0. The summed E-state index contributed by atoms with van der Waals surface area (Å²) in [5.41, 5.74) is 0.963. The number of nitrogens with one attached hydrogen (secondary N) is 1. The van der Waals surface area contributed by atoms with E-state index in [0.717, 1.165) is 38.4 Å². The Kier molecular flexibility index (Phi) is 5.13. The van der Waals surface area contributed by atoms with Gasteiger partial charge in [-0.1, -0.05) is 30.3 Å². The highest BCUT2D eigenvalue weighted by Crippen LogP contribution is 2.17. The molecule has 0 amide bonds. The average molecular weight is 250 g/mol. The quantitative estimate of drug-likeness (QED) is 0.805. The zero-order valence-electron chi connectivity index (χ0n) is 10.9. The fourth-order valence-corrected chi connectivity index (χ4v) is 2.29. The summed E-state index contributed by atoms with van der Waals surface area (Å²) >= 11 is 0. The van der Waals surface area contributed by atoms with E-state index in [9.17, 15) is 5.11 Å². The first-order chi connectivity index (χ1) is 8.81. The van der Waals surface area contributed by atoms with Crippen LogP contribution >= 0.6 is 0 Å². The first-order valence-electron chi connectivity index (χ1n) is 6.51. The lowest BCUT2D eigenvalue weighted by molar-refractivity contribution is 0.0212. The van der Waals surface area contributed by atoms with Crippen molar-refractivity contribution >= 4 is 0 Å². The van der Waals surface area contributed by atoms with E-state index in [-0.39, 0.29) is 6.04 Å². The fraction of sp³-hybridized carbons (Fsp3) is 0.571. The molecule has 2 N–H and O–H groups in total. The Bertz CT molecular complexity index is 339. The Morgan fingerprint density at radius 2 is 1.94 bits per heavy atom. The van der Waals surface area contributed by atoms with E-state index in [1.165, 1.54) is 0 Å². The van der Waals surface area contributed by atoms with Gasteiger partial charge in [-0.3, -0.25) is 4.90 Å². The van der Waals surface area contributed by atoms with Crippen LogP contribution in [0.3, 0.4) is 0 Å². The monoisotopic (exact) mass is 250 g/mol. The van der Waals surface area contributed by atoms with Crippen molar-refractivity contribution in [2.45, 2.75) is 12.1 Å². The molecule has 2 atom stereocenters. The number of aliphatic hydroxyl groups excluding tert-OH is 1. The van der Waals surface area contributed by atoms with Crippen LogP contribution in [0.15, 0.2) is 30.3 Å². The van der Waals surface area contributed by atoms with E-state index in [0.29, 0.717) is 0 Å². The Morgan fingerprint density at radius 3 is 2.56 bits per heavy atom. The molecule has 4 nitrogen and oxygen atoms in total. The molecule has 1 fully saturated rings. The van der Waals surface area contributed by atoms with E-state index >= 15 is 0 Å². The molecule has 100 valence electrons. The number of morpholine rings is 1. The van der Waals surface area contributed by atoms with Crippen molar-refractivity contribution in [3.8, 4) is 0 Å². The fourth-order valence-electron chi connectivity index (χ4n) is 2.29. The summed E-state index contributed by atoms with van der Waals surface area (Å²) in [6.07, 6.45) is -0.473. The number of aliphatic hydroxyl groups is 1. The standard InChI is InChI=1S/C14H22N2O2/c1-15-13(11-16-7-9-18-10-8-16)14(17)12-5-3-2-4-6-12/h2-6,13-15,17H,7-11H2,1H3/t13-,14-/m1/s1. The second-order valence-corrected chi connectivity index (χ2v) is 4.66. The molecule has 1 aliphatic rings. The number of hydrogen-bond donors (Lipinski definition) is 2. The SMILES string of the molecule is CN[C@H](CN1CCOCC1)[C@H](O)c1ccccc1. The zero-order valence-corrected chi connectivity index (χ0v) is 10.9. The molecule has 0 aromatic heterocycles. The molecule has 0 radical (unpaired) electrons. The van der Waals surface area contributed by atoms with Crippen LogP contribution in [0.5, 0.6) is 0 Å². The number of rotatable bonds is 5. The summed E-state index contributed by atoms with van der Waals surface area (Å²) < 4.78 is 5.34. The van der Waals surface area contributed by atoms with Gasteiger partial charge in [0.2, 0.25) is 0 Å². The predicted molar refractivity (Wildman–Crippen MR) is 71.5 cm³/mol. The van der Waals surface area contributed by atoms with Crippen LogP contribution in [-0.4, -0.2) is 55.9 Å². The third-order valence-corrected chi connectivity index (χ3v) is 3.45. The van der Waals surface area contributed by atoms with Crippen molar-refractivity contribution in [2.75, 3.05) is 39.9 Å². The Morgan fingerprint density at radius 1 is 1.28 bits per heavy atom. The normalized spacial score (nSPS) is 20.6. The minimum absolute atomic E-state index is 0.0468. The van der Waals surface area contributed by atoms with E-state index < -0.39 is 6.10 Å². The largest absolute Gasteiger partial charge is 0.387 e. The van der Waals surface area contributed by atoms with Gasteiger partial charge in [0.15, 0.2) is 0 Å². The second-order valence-electron chi connectivity index (χ2n) is 4.66. The first-order valence-corrected chi connectivity index (χ1v) is 6.51. The molecule has 0 bridgehead atoms. The van der Waals surface area contributed by atoms with Crippen LogP contribution in [0.2, 0.25) is 0 Å². The zero-order chi connectivity index (χ0) is 12.8. The molecule has 1 aliphatic heterocycles. The van der Waals surface area contributed by atoms with Crippen LogP contribution in [0, 0.1) is 0 Å². The molecule has 1 heterocycles. The number of hydrogen-bond acceptors (Lipinski definition) is 4. The Hall–Kier alpha value is -0.940. The van der Waals surface area contributed by atoms with Crippen LogP contribution < -0.4 is 5.32 Å². The summed E-state index contributed by atoms with van der Waals surface area (Å²) in [5, 5.41) is 13.6. The van der Waals surface area contributed by atoms with Crippen LogP contribution in [0.1, 0.15) is 11.7 Å². The minimum Gasteiger partial charge on any atom is -0.387 e. The highest BCUT2D eigenvalue weighted by atomic mass is 16.5. The lowest BCUT2D eigenvalue weighted by Crippen LogP contribution is -2.47. The van der Waals surface area contributed by atoms with Gasteiger partial charge in [-0.2, -0.15) is 0 Å². The third kappa shape index (κ3) is 3.53. The first kappa shape index (κ1) is 13.5. The maximum Gasteiger partial charge on any atom is 0.0955 e. The third-order valence-electron chi connectivity index (χ3n) is 3.45. The smallest absolute Gasteiger partial charge is 0.0955 e. The lowest BCUT2D eigenvalue weighted by atomic mass is 10.0. The van der Waals surface area contributed by atoms with E-state index in [1.807, 2.05) is 37.4 Å². The van der Waals surface area contributed by atoms with Crippen molar-refractivity contribution in [1.82, 2.24) is 10.2 Å². The second kappa shape index (κ2) is 6.85. The van der Waals surface area contributed by atoms with Gasteiger partial charge in [0.1, 0.15) is 0 Å². The Labute approximate surface area is 109 Å². The van der Waals surface area contributed by atoms with Gasteiger partial charge >= 0.3 is 0 Å². The molecule has 18 heavy (non-hydrogen) atoms. The molecular weight excluding hydrogens is 228 g/mol. The molecule has 0 saturated carbocycles. The highest BCUT2D eigenvalue weighted by Gasteiger charge is 2.22. The van der Waals surface area contributed by atoms with Gasteiger partial charge in [0.25, 0.3) is 0 Å². The molecule has 0 aliphatic carbocycles. The molecule has 0 spiro atoms. The van der Waals surface area contributed by atoms with Crippen molar-refractivity contribution < 1.29 is 9.84 Å². The number of nitrogens with zero attached hydrogens (tertiary/aromatic N) is 1. The molecular formula is C14H22N2O2. The van der Waals surface area contributed by atoms with Crippen molar-refractivity contribution in [3.63, 3.8) is 0 Å². The van der Waals surface area contributed by atoms with E-state index in [2.05, 4.69) is 10.2 Å². The maximum absolute atomic E-state index is 10.4. The average Bonchev–Trinajstić information content (AvgIpc) is 2.46. The summed E-state index contributed by atoms with van der Waals surface area (Å²) in [6.45, 7) is 4.31.